The molecule has 0 bridgehead atoms. The van der Waals surface area contributed by atoms with Gasteiger partial charge in [-0.15, -0.1) is 0 Å². The molecule has 2 rings (SSSR count). The van der Waals surface area contributed by atoms with E-state index in [0.717, 1.165) is 11.3 Å². The van der Waals surface area contributed by atoms with E-state index in [2.05, 4.69) is 22.0 Å². The maximum atomic E-state index is 5.42. The smallest absolute Gasteiger partial charge is 0.178 e. The van der Waals surface area contributed by atoms with Crippen molar-refractivity contribution >= 4 is 11.3 Å². The number of hydrogen-bond donors (Lipinski definition) is 2. The standard InChI is InChI=1S/C8H9N5/c1-6(9)12-7-3-2-4-13-8(7)10-5-11-13/h2-5,12H,1,9H2. The SMILES string of the molecule is C=C(N)Nc1cccn2ncnc12. The van der Waals surface area contributed by atoms with Crippen molar-refractivity contribution in [2.75, 3.05) is 5.32 Å². The van der Waals surface area contributed by atoms with Crippen LogP contribution in [0.3, 0.4) is 0 Å². The van der Waals surface area contributed by atoms with Gasteiger partial charge in [0.25, 0.3) is 0 Å². The molecule has 5 nitrogen and oxygen atoms in total. The third-order valence-corrected chi connectivity index (χ3v) is 1.60. The van der Waals surface area contributed by atoms with E-state index < -0.39 is 0 Å². The highest BCUT2D eigenvalue weighted by Gasteiger charge is 2.01. The summed E-state index contributed by atoms with van der Waals surface area (Å²) < 4.78 is 1.66. The Kier molecular flexibility index (Phi) is 1.63. The van der Waals surface area contributed by atoms with Crippen molar-refractivity contribution in [2.24, 2.45) is 5.73 Å². The average molecular weight is 175 g/mol. The molecule has 0 unspecified atom stereocenters. The summed E-state index contributed by atoms with van der Waals surface area (Å²) in [6.45, 7) is 3.55. The van der Waals surface area contributed by atoms with E-state index in [-0.39, 0.29) is 0 Å². The second-order valence-electron chi connectivity index (χ2n) is 2.60. The second kappa shape index (κ2) is 2.78. The predicted molar refractivity (Wildman–Crippen MR) is 49.9 cm³/mol. The molecule has 0 saturated heterocycles. The van der Waals surface area contributed by atoms with Gasteiger partial charge in [-0.2, -0.15) is 5.10 Å². The van der Waals surface area contributed by atoms with Crippen molar-refractivity contribution in [1.82, 2.24) is 14.6 Å². The quantitative estimate of drug-likeness (QED) is 0.700. The van der Waals surface area contributed by atoms with Gasteiger partial charge in [0.15, 0.2) is 5.65 Å². The molecule has 2 aromatic rings. The van der Waals surface area contributed by atoms with Crippen LogP contribution in [0.2, 0.25) is 0 Å². The van der Waals surface area contributed by atoms with Crippen LogP contribution in [-0.4, -0.2) is 14.6 Å². The minimum atomic E-state index is 0.385. The van der Waals surface area contributed by atoms with Crippen molar-refractivity contribution in [2.45, 2.75) is 0 Å². The van der Waals surface area contributed by atoms with E-state index in [1.807, 2.05) is 18.3 Å². The van der Waals surface area contributed by atoms with Gasteiger partial charge in [0.2, 0.25) is 0 Å². The first-order valence-electron chi connectivity index (χ1n) is 3.77. The van der Waals surface area contributed by atoms with Gasteiger partial charge in [-0.05, 0) is 12.1 Å². The van der Waals surface area contributed by atoms with Gasteiger partial charge in [-0.1, -0.05) is 6.58 Å². The molecule has 3 N–H and O–H groups in total. The van der Waals surface area contributed by atoms with Crippen LogP contribution in [0, 0.1) is 0 Å². The summed E-state index contributed by atoms with van der Waals surface area (Å²) in [4.78, 5) is 4.06. The number of fused-ring (bicyclic) bond motifs is 1. The first kappa shape index (κ1) is 7.60. The Morgan fingerprint density at radius 3 is 3.23 bits per heavy atom. The molecule has 0 radical (unpaired) electrons. The van der Waals surface area contributed by atoms with Gasteiger partial charge in [0.05, 0.1) is 11.5 Å². The Labute approximate surface area is 74.9 Å². The van der Waals surface area contributed by atoms with Crippen LogP contribution in [0.15, 0.2) is 37.1 Å². The van der Waals surface area contributed by atoms with Crippen LogP contribution in [0.1, 0.15) is 0 Å². The molecule has 0 aliphatic carbocycles. The maximum absolute atomic E-state index is 5.42. The van der Waals surface area contributed by atoms with Crippen molar-refractivity contribution in [3.8, 4) is 0 Å². The molecule has 0 atom stereocenters. The Morgan fingerprint density at radius 1 is 1.62 bits per heavy atom. The summed E-state index contributed by atoms with van der Waals surface area (Å²) >= 11 is 0. The van der Waals surface area contributed by atoms with Crippen LogP contribution >= 0.6 is 0 Å². The molecule has 0 saturated carbocycles. The maximum Gasteiger partial charge on any atom is 0.178 e. The van der Waals surface area contributed by atoms with Crippen LogP contribution < -0.4 is 11.1 Å². The van der Waals surface area contributed by atoms with Crippen LogP contribution in [-0.2, 0) is 0 Å². The molecular weight excluding hydrogens is 166 g/mol. The monoisotopic (exact) mass is 175 g/mol. The highest BCUT2D eigenvalue weighted by molar-refractivity contribution is 5.68. The van der Waals surface area contributed by atoms with Gasteiger partial charge in [-0.3, -0.25) is 0 Å². The summed E-state index contributed by atoms with van der Waals surface area (Å²) in [7, 11) is 0. The minimum Gasteiger partial charge on any atom is -0.386 e. The van der Waals surface area contributed by atoms with Gasteiger partial charge in [0.1, 0.15) is 6.33 Å². The lowest BCUT2D eigenvalue weighted by molar-refractivity contribution is 0.961. The number of nitrogens with zero attached hydrogens (tertiary/aromatic N) is 3. The number of nitrogens with two attached hydrogens (primary N) is 1. The fraction of sp³-hybridized carbons (Fsp3) is 0. The third kappa shape index (κ3) is 1.31. The topological polar surface area (TPSA) is 68.2 Å². The Hall–Kier alpha value is -2.04. The molecule has 2 aromatic heterocycles. The average Bonchev–Trinajstić information content (AvgIpc) is 2.51. The van der Waals surface area contributed by atoms with Crippen molar-refractivity contribution in [1.29, 1.82) is 0 Å². The summed E-state index contributed by atoms with van der Waals surface area (Å²) in [5, 5.41) is 6.88. The molecule has 2 heterocycles. The molecule has 0 aliphatic rings. The van der Waals surface area contributed by atoms with Crippen LogP contribution in [0.25, 0.3) is 5.65 Å². The highest BCUT2D eigenvalue weighted by atomic mass is 15.3. The summed E-state index contributed by atoms with van der Waals surface area (Å²) in [5.74, 6) is 0.385. The summed E-state index contributed by atoms with van der Waals surface area (Å²) in [5.41, 5.74) is 6.95. The zero-order valence-corrected chi connectivity index (χ0v) is 6.94. The molecule has 0 amide bonds. The van der Waals surface area contributed by atoms with Crippen LogP contribution in [0.4, 0.5) is 5.69 Å². The van der Waals surface area contributed by atoms with Gasteiger partial charge < -0.3 is 11.1 Å². The minimum absolute atomic E-state index is 0.385. The van der Waals surface area contributed by atoms with E-state index >= 15 is 0 Å². The highest BCUT2D eigenvalue weighted by Crippen LogP contribution is 2.13. The third-order valence-electron chi connectivity index (χ3n) is 1.60. The number of hydrogen-bond acceptors (Lipinski definition) is 4. The van der Waals surface area contributed by atoms with E-state index in [1.165, 1.54) is 6.33 Å². The Balaban J connectivity index is 2.54. The van der Waals surface area contributed by atoms with Crippen molar-refractivity contribution < 1.29 is 0 Å². The molecule has 0 aromatic carbocycles. The Morgan fingerprint density at radius 2 is 2.46 bits per heavy atom. The lowest BCUT2D eigenvalue weighted by Crippen LogP contribution is -2.07. The fourth-order valence-electron chi connectivity index (χ4n) is 1.12. The zero-order chi connectivity index (χ0) is 9.26. The number of anilines is 1. The van der Waals surface area contributed by atoms with Crippen molar-refractivity contribution in [3.05, 3.63) is 37.1 Å². The molecule has 66 valence electrons. The lowest BCUT2D eigenvalue weighted by Gasteiger charge is -2.04. The molecule has 0 aliphatic heterocycles. The van der Waals surface area contributed by atoms with Gasteiger partial charge in [-0.25, -0.2) is 9.50 Å². The molecule has 0 fully saturated rings. The fourth-order valence-corrected chi connectivity index (χ4v) is 1.12. The van der Waals surface area contributed by atoms with E-state index in [1.54, 1.807) is 4.52 Å². The van der Waals surface area contributed by atoms with Gasteiger partial charge >= 0.3 is 0 Å². The predicted octanol–water partition coefficient (Wildman–Crippen LogP) is 0.571. The lowest BCUT2D eigenvalue weighted by atomic mass is 10.4. The Bertz CT molecular complexity index is 444. The second-order valence-corrected chi connectivity index (χ2v) is 2.60. The molecule has 0 spiro atoms. The van der Waals surface area contributed by atoms with Gasteiger partial charge in [0, 0.05) is 6.20 Å². The largest absolute Gasteiger partial charge is 0.386 e. The van der Waals surface area contributed by atoms with E-state index in [4.69, 9.17) is 5.73 Å². The first-order valence-corrected chi connectivity index (χ1v) is 3.77. The number of nitrogens with one attached hydrogen (secondary N) is 1. The summed E-state index contributed by atoms with van der Waals surface area (Å²) in [6.07, 6.45) is 3.30. The number of aromatic nitrogens is 3. The van der Waals surface area contributed by atoms with Crippen LogP contribution in [0.5, 0.6) is 0 Å². The molecule has 13 heavy (non-hydrogen) atoms. The molecular formula is C8H9N5. The number of rotatable bonds is 2. The normalized spacial score (nSPS) is 10.2. The molecule has 5 heteroatoms. The first-order chi connectivity index (χ1) is 6.27. The number of pyridine rings is 1. The zero-order valence-electron chi connectivity index (χ0n) is 6.94. The summed E-state index contributed by atoms with van der Waals surface area (Å²) in [6, 6.07) is 3.72. The van der Waals surface area contributed by atoms with E-state index in [0.29, 0.717) is 5.82 Å². The van der Waals surface area contributed by atoms with E-state index in [9.17, 15) is 0 Å². The van der Waals surface area contributed by atoms with Crippen molar-refractivity contribution in [3.63, 3.8) is 0 Å².